The number of amides is 1. The average Bonchev–Trinajstić information content (AvgIpc) is 3.53. The molecule has 1 saturated heterocycles. The summed E-state index contributed by atoms with van der Waals surface area (Å²) in [4.78, 5) is 29.1. The fraction of sp³-hybridized carbons (Fsp3) is 0.583. The number of hydrogen-bond donors (Lipinski definition) is 0. The third-order valence-corrected chi connectivity index (χ3v) is 10.6. The third kappa shape index (κ3) is 3.33. The number of carbonyl (C=O) groups is 1. The molecule has 2 bridgehead atoms. The van der Waals surface area contributed by atoms with Crippen LogP contribution in [0.25, 0.3) is 0 Å². The molecule has 0 spiro atoms. The largest absolute Gasteiger partial charge is 0.497 e. The van der Waals surface area contributed by atoms with E-state index in [4.69, 9.17) is 9.47 Å². The number of methoxy groups -OCH3 is 1. The SMILES string of the molecule is COc1ccc([C@@H]2c3sc(=O)n(CC(=O)N4CCOCC4)c3SC3C4CCC(C4)C32)cc1. The van der Waals surface area contributed by atoms with E-state index in [-0.39, 0.29) is 23.2 Å². The van der Waals surface area contributed by atoms with Crippen LogP contribution >= 0.6 is 23.1 Å². The van der Waals surface area contributed by atoms with Gasteiger partial charge in [-0.2, -0.15) is 0 Å². The van der Waals surface area contributed by atoms with Crippen LogP contribution in [0.1, 0.15) is 35.6 Å². The quantitative estimate of drug-likeness (QED) is 0.682. The van der Waals surface area contributed by atoms with Gasteiger partial charge in [0, 0.05) is 29.1 Å². The van der Waals surface area contributed by atoms with Crippen LogP contribution < -0.4 is 9.61 Å². The number of carbonyl (C=O) groups excluding carboxylic acids is 1. The predicted octanol–water partition coefficient (Wildman–Crippen LogP) is 3.43. The average molecular weight is 473 g/mol. The molecule has 1 amide bonds. The van der Waals surface area contributed by atoms with Gasteiger partial charge in [-0.25, -0.2) is 0 Å². The summed E-state index contributed by atoms with van der Waals surface area (Å²) in [5.74, 6) is 3.13. The number of nitrogens with zero attached hydrogens (tertiary/aromatic N) is 2. The van der Waals surface area contributed by atoms with Gasteiger partial charge in [-0.3, -0.25) is 14.2 Å². The second kappa shape index (κ2) is 8.22. The van der Waals surface area contributed by atoms with Crippen LogP contribution in [0.5, 0.6) is 5.75 Å². The van der Waals surface area contributed by atoms with E-state index in [1.54, 1.807) is 11.7 Å². The molecule has 4 unspecified atom stereocenters. The number of thiazole rings is 1. The maximum atomic E-state index is 13.2. The topological polar surface area (TPSA) is 60.8 Å². The van der Waals surface area contributed by atoms with Crippen LogP contribution in [-0.4, -0.2) is 54.0 Å². The molecule has 6 nitrogen and oxygen atoms in total. The molecule has 0 radical (unpaired) electrons. The standard InChI is InChI=1S/C24H28N2O4S2/c1-29-17-6-4-14(5-7-17)19-20-15-2-3-16(12-15)21(20)31-23-22(19)32-24(28)26(23)13-18(27)25-8-10-30-11-9-25/h4-7,15-16,19-21H,2-3,8-13H2,1H3/t15?,16?,19-,20?,21?/m0/s1. The molecule has 170 valence electrons. The van der Waals surface area contributed by atoms with Gasteiger partial charge in [0.1, 0.15) is 12.3 Å². The Kier molecular flexibility index (Phi) is 5.35. The van der Waals surface area contributed by atoms with Gasteiger partial charge >= 0.3 is 4.87 Å². The summed E-state index contributed by atoms with van der Waals surface area (Å²) in [6.45, 7) is 2.50. The van der Waals surface area contributed by atoms with Gasteiger partial charge in [0.15, 0.2) is 0 Å². The van der Waals surface area contributed by atoms with Crippen molar-refractivity contribution < 1.29 is 14.3 Å². The highest BCUT2D eigenvalue weighted by Gasteiger charge is 2.55. The highest BCUT2D eigenvalue weighted by atomic mass is 32.2. The van der Waals surface area contributed by atoms with Crippen LogP contribution in [0, 0.1) is 17.8 Å². The van der Waals surface area contributed by atoms with E-state index in [0.717, 1.165) is 27.5 Å². The van der Waals surface area contributed by atoms with Gasteiger partial charge < -0.3 is 14.4 Å². The zero-order chi connectivity index (χ0) is 21.8. The van der Waals surface area contributed by atoms with Crippen LogP contribution in [-0.2, 0) is 16.1 Å². The second-order valence-corrected chi connectivity index (χ2v) is 11.5. The van der Waals surface area contributed by atoms with E-state index in [9.17, 15) is 9.59 Å². The van der Waals surface area contributed by atoms with E-state index in [0.29, 0.717) is 37.5 Å². The van der Waals surface area contributed by atoms with Crippen molar-refractivity contribution in [1.29, 1.82) is 0 Å². The molecule has 2 aromatic rings. The van der Waals surface area contributed by atoms with Crippen molar-refractivity contribution >= 4 is 29.0 Å². The summed E-state index contributed by atoms with van der Waals surface area (Å²) in [5.41, 5.74) is 1.27. The highest BCUT2D eigenvalue weighted by Crippen LogP contribution is 2.64. The molecule has 1 aromatic heterocycles. The van der Waals surface area contributed by atoms with Gasteiger partial charge in [-0.15, -0.1) is 11.8 Å². The van der Waals surface area contributed by atoms with E-state index in [1.807, 2.05) is 28.8 Å². The van der Waals surface area contributed by atoms with E-state index in [2.05, 4.69) is 12.1 Å². The summed E-state index contributed by atoms with van der Waals surface area (Å²) in [6, 6.07) is 8.39. The molecule has 1 aromatic carbocycles. The molecule has 3 heterocycles. The van der Waals surface area contributed by atoms with Crippen molar-refractivity contribution in [2.24, 2.45) is 17.8 Å². The zero-order valence-corrected chi connectivity index (χ0v) is 19.8. The molecule has 8 heteroatoms. The Labute approximate surface area is 195 Å². The number of morpholine rings is 1. The predicted molar refractivity (Wildman–Crippen MR) is 125 cm³/mol. The lowest BCUT2D eigenvalue weighted by Gasteiger charge is -2.40. The number of benzene rings is 1. The summed E-state index contributed by atoms with van der Waals surface area (Å²) in [5, 5.41) is 1.57. The molecule has 3 fully saturated rings. The van der Waals surface area contributed by atoms with Crippen LogP contribution in [0.3, 0.4) is 0 Å². The van der Waals surface area contributed by atoms with Crippen molar-refractivity contribution in [2.75, 3.05) is 33.4 Å². The highest BCUT2D eigenvalue weighted by molar-refractivity contribution is 8.00. The normalized spacial score (nSPS) is 30.8. The van der Waals surface area contributed by atoms with Crippen LogP contribution in [0.2, 0.25) is 0 Å². The smallest absolute Gasteiger partial charge is 0.308 e. The molecule has 2 aliphatic heterocycles. The molecule has 5 atom stereocenters. The zero-order valence-electron chi connectivity index (χ0n) is 18.2. The fourth-order valence-electron chi connectivity index (χ4n) is 6.32. The van der Waals surface area contributed by atoms with E-state index in [1.165, 1.54) is 36.2 Å². The van der Waals surface area contributed by atoms with Crippen molar-refractivity contribution in [3.63, 3.8) is 0 Å². The van der Waals surface area contributed by atoms with E-state index >= 15 is 0 Å². The minimum Gasteiger partial charge on any atom is -0.497 e. The van der Waals surface area contributed by atoms with Gasteiger partial charge in [0.2, 0.25) is 5.91 Å². The van der Waals surface area contributed by atoms with Gasteiger partial charge in [0.05, 0.1) is 25.3 Å². The molecule has 6 rings (SSSR count). The molecule has 2 saturated carbocycles. The first kappa shape index (κ1) is 20.8. The van der Waals surface area contributed by atoms with E-state index < -0.39 is 0 Å². The minimum absolute atomic E-state index is 0.00468. The molecular weight excluding hydrogens is 444 g/mol. The molecule has 0 N–H and O–H groups in total. The number of hydrogen-bond acceptors (Lipinski definition) is 6. The Hall–Kier alpha value is -1.77. The van der Waals surface area contributed by atoms with Crippen molar-refractivity contribution in [3.05, 3.63) is 44.4 Å². The number of rotatable bonds is 4. The summed E-state index contributed by atoms with van der Waals surface area (Å²) in [7, 11) is 1.69. The Bertz CT molecular complexity index is 1070. The number of thioether (sulfide) groups is 1. The monoisotopic (exact) mass is 472 g/mol. The maximum absolute atomic E-state index is 13.2. The van der Waals surface area contributed by atoms with Gasteiger partial charge in [-0.05, 0) is 54.7 Å². The molecular formula is C24H28N2O4S2. The lowest BCUT2D eigenvalue weighted by atomic mass is 9.75. The molecule has 32 heavy (non-hydrogen) atoms. The lowest BCUT2D eigenvalue weighted by molar-refractivity contribution is -0.136. The number of fused-ring (bicyclic) bond motifs is 6. The lowest BCUT2D eigenvalue weighted by Crippen LogP contribution is -2.43. The fourth-order valence-corrected chi connectivity index (χ4v) is 9.47. The Morgan fingerprint density at radius 3 is 2.66 bits per heavy atom. The van der Waals surface area contributed by atoms with Crippen LogP contribution in [0.4, 0.5) is 0 Å². The Morgan fingerprint density at radius 1 is 1.16 bits per heavy atom. The molecule has 2 aliphatic carbocycles. The van der Waals surface area contributed by atoms with Crippen molar-refractivity contribution in [1.82, 2.24) is 9.47 Å². The summed E-state index contributed by atoms with van der Waals surface area (Å²) >= 11 is 3.24. The van der Waals surface area contributed by atoms with Crippen molar-refractivity contribution in [2.45, 2.75) is 42.0 Å². The minimum atomic E-state index is -0.00468. The summed E-state index contributed by atoms with van der Waals surface area (Å²) in [6.07, 6.45) is 3.91. The van der Waals surface area contributed by atoms with Crippen molar-refractivity contribution in [3.8, 4) is 5.75 Å². The number of ether oxygens (including phenoxy) is 2. The second-order valence-electron chi connectivity index (χ2n) is 9.36. The Morgan fingerprint density at radius 2 is 1.91 bits per heavy atom. The summed E-state index contributed by atoms with van der Waals surface area (Å²) < 4.78 is 12.5. The Balaban J connectivity index is 1.39. The first-order valence-electron chi connectivity index (χ1n) is 11.5. The maximum Gasteiger partial charge on any atom is 0.308 e. The first-order valence-corrected chi connectivity index (χ1v) is 13.2. The van der Waals surface area contributed by atoms with Gasteiger partial charge in [-0.1, -0.05) is 23.5 Å². The first-order chi connectivity index (χ1) is 15.6. The number of aromatic nitrogens is 1. The van der Waals surface area contributed by atoms with Crippen LogP contribution in [0.15, 0.2) is 34.1 Å². The third-order valence-electron chi connectivity index (χ3n) is 7.82. The van der Waals surface area contributed by atoms with Gasteiger partial charge in [0.25, 0.3) is 0 Å². The molecule has 4 aliphatic rings.